The molecule has 1 aromatic heterocycles. The summed E-state index contributed by atoms with van der Waals surface area (Å²) in [5.41, 5.74) is 1.31. The smallest absolute Gasteiger partial charge is 0.305 e. The van der Waals surface area contributed by atoms with E-state index in [1.54, 1.807) is 48.1 Å². The van der Waals surface area contributed by atoms with Gasteiger partial charge in [-0.25, -0.2) is 0 Å². The molecule has 0 unspecified atom stereocenters. The van der Waals surface area contributed by atoms with Crippen LogP contribution in [0.5, 0.6) is 0 Å². The van der Waals surface area contributed by atoms with E-state index in [1.165, 1.54) is 0 Å². The lowest BCUT2D eigenvalue weighted by Crippen LogP contribution is -2.26. The van der Waals surface area contributed by atoms with Crippen LogP contribution < -0.4 is 10.6 Å². The molecule has 0 atom stereocenters. The molecule has 0 fully saturated rings. The molecule has 0 saturated heterocycles. The molecule has 3 N–H and O–H groups in total. The molecule has 2 amide bonds. The van der Waals surface area contributed by atoms with Gasteiger partial charge in [0, 0.05) is 31.0 Å². The zero-order chi connectivity index (χ0) is 17.7. The summed E-state index contributed by atoms with van der Waals surface area (Å²) in [6.07, 6.45) is 1.49. The summed E-state index contributed by atoms with van der Waals surface area (Å²) >= 11 is 5.85. The molecule has 0 aliphatic carbocycles. The van der Waals surface area contributed by atoms with Crippen molar-refractivity contribution in [2.24, 2.45) is 7.05 Å². The minimum atomic E-state index is -0.978. The number of benzene rings is 1. The number of hydrogen-bond acceptors (Lipinski definition) is 3. The molecule has 7 nitrogen and oxygen atoms in total. The van der Waals surface area contributed by atoms with Gasteiger partial charge >= 0.3 is 5.97 Å². The largest absolute Gasteiger partial charge is 0.481 e. The van der Waals surface area contributed by atoms with Crippen molar-refractivity contribution in [3.05, 3.63) is 52.8 Å². The number of aromatic nitrogens is 1. The van der Waals surface area contributed by atoms with E-state index < -0.39 is 5.97 Å². The fraction of sp³-hybridized carbons (Fsp3) is 0.188. The van der Waals surface area contributed by atoms with Crippen molar-refractivity contribution in [2.45, 2.75) is 6.42 Å². The first-order valence-corrected chi connectivity index (χ1v) is 7.48. The van der Waals surface area contributed by atoms with Crippen LogP contribution in [0.2, 0.25) is 5.02 Å². The van der Waals surface area contributed by atoms with Crippen molar-refractivity contribution in [1.82, 2.24) is 9.88 Å². The molecule has 1 aromatic carbocycles. The van der Waals surface area contributed by atoms with Crippen molar-refractivity contribution in [1.29, 1.82) is 0 Å². The number of carbonyl (C=O) groups is 3. The summed E-state index contributed by atoms with van der Waals surface area (Å²) in [4.78, 5) is 34.4. The van der Waals surface area contributed by atoms with E-state index in [2.05, 4.69) is 10.6 Å². The molecular formula is C16H16ClN3O4. The molecule has 0 aliphatic rings. The number of aryl methyl sites for hydroxylation is 1. The Balaban J connectivity index is 1.96. The summed E-state index contributed by atoms with van der Waals surface area (Å²) in [7, 11) is 1.71. The van der Waals surface area contributed by atoms with E-state index in [1.807, 2.05) is 0 Å². The van der Waals surface area contributed by atoms with Crippen LogP contribution in [0.15, 0.2) is 36.5 Å². The van der Waals surface area contributed by atoms with Gasteiger partial charge in [0.05, 0.1) is 11.4 Å². The first-order valence-electron chi connectivity index (χ1n) is 7.10. The number of nitrogens with zero attached hydrogens (tertiary/aromatic N) is 1. The van der Waals surface area contributed by atoms with Gasteiger partial charge in [-0.2, -0.15) is 0 Å². The van der Waals surface area contributed by atoms with Gasteiger partial charge < -0.3 is 20.3 Å². The lowest BCUT2D eigenvalue weighted by atomic mass is 10.2. The second-order valence-corrected chi connectivity index (χ2v) is 5.52. The number of rotatable bonds is 6. The van der Waals surface area contributed by atoms with Gasteiger partial charge in [-0.05, 0) is 30.3 Å². The average molecular weight is 350 g/mol. The average Bonchev–Trinajstić information content (AvgIpc) is 2.86. The number of aliphatic carboxylic acids is 1. The topological polar surface area (TPSA) is 100 Å². The summed E-state index contributed by atoms with van der Waals surface area (Å²) in [5, 5.41) is 14.2. The molecule has 2 aromatic rings. The Hall–Kier alpha value is -2.80. The van der Waals surface area contributed by atoms with Gasteiger partial charge in [0.2, 0.25) is 0 Å². The molecule has 2 rings (SSSR count). The maximum atomic E-state index is 12.1. The minimum absolute atomic E-state index is 0.0565. The van der Waals surface area contributed by atoms with Gasteiger partial charge in [0.25, 0.3) is 11.8 Å². The molecule has 24 heavy (non-hydrogen) atoms. The molecule has 0 spiro atoms. The van der Waals surface area contributed by atoms with E-state index in [4.69, 9.17) is 16.7 Å². The van der Waals surface area contributed by atoms with E-state index in [-0.39, 0.29) is 24.8 Å². The minimum Gasteiger partial charge on any atom is -0.481 e. The standard InChI is InChI=1S/C16H16ClN3O4/c1-20-9-11(17)8-13(20)16(24)19-12-4-2-10(3-5-12)15(23)18-7-6-14(21)22/h2-5,8-9H,6-7H2,1H3,(H,18,23)(H,19,24)(H,21,22). The highest BCUT2D eigenvalue weighted by molar-refractivity contribution is 6.31. The van der Waals surface area contributed by atoms with Crippen LogP contribution in [0, 0.1) is 0 Å². The zero-order valence-electron chi connectivity index (χ0n) is 12.9. The third-order valence-electron chi connectivity index (χ3n) is 3.23. The van der Waals surface area contributed by atoms with Crippen molar-refractivity contribution in [3.8, 4) is 0 Å². The lowest BCUT2D eigenvalue weighted by Gasteiger charge is -2.07. The van der Waals surface area contributed by atoms with Gasteiger partial charge in [-0.3, -0.25) is 14.4 Å². The number of nitrogens with one attached hydrogen (secondary N) is 2. The maximum absolute atomic E-state index is 12.1. The Labute approximate surface area is 143 Å². The SMILES string of the molecule is Cn1cc(Cl)cc1C(=O)Nc1ccc(C(=O)NCCC(=O)O)cc1. The fourth-order valence-corrected chi connectivity index (χ4v) is 2.28. The molecule has 0 radical (unpaired) electrons. The van der Waals surface area contributed by atoms with Crippen molar-refractivity contribution in [3.63, 3.8) is 0 Å². The Morgan fingerprint density at radius 3 is 2.38 bits per heavy atom. The molecule has 1 heterocycles. The van der Waals surface area contributed by atoms with E-state index in [0.29, 0.717) is 22.0 Å². The van der Waals surface area contributed by atoms with Gasteiger partial charge in [-0.1, -0.05) is 11.6 Å². The van der Waals surface area contributed by atoms with Gasteiger partial charge in [0.15, 0.2) is 0 Å². The van der Waals surface area contributed by atoms with Crippen LogP contribution in [-0.4, -0.2) is 34.0 Å². The number of carboxylic acid groups (broad SMARTS) is 1. The van der Waals surface area contributed by atoms with Crippen LogP contribution in [0.25, 0.3) is 0 Å². The van der Waals surface area contributed by atoms with E-state index in [0.717, 1.165) is 0 Å². The van der Waals surface area contributed by atoms with Crippen LogP contribution in [-0.2, 0) is 11.8 Å². The first kappa shape index (κ1) is 17.6. The summed E-state index contributed by atoms with van der Waals surface area (Å²) in [6.45, 7) is 0.0565. The van der Waals surface area contributed by atoms with Crippen LogP contribution in [0.1, 0.15) is 27.3 Å². The number of carboxylic acids is 1. The Kier molecular flexibility index (Phi) is 5.59. The van der Waals surface area contributed by atoms with Crippen molar-refractivity contribution >= 4 is 35.1 Å². The van der Waals surface area contributed by atoms with E-state index in [9.17, 15) is 14.4 Å². The number of halogens is 1. The Morgan fingerprint density at radius 2 is 1.83 bits per heavy atom. The second-order valence-electron chi connectivity index (χ2n) is 5.09. The second kappa shape index (κ2) is 7.65. The van der Waals surface area contributed by atoms with Gasteiger partial charge in [-0.15, -0.1) is 0 Å². The lowest BCUT2D eigenvalue weighted by molar-refractivity contribution is -0.136. The molecule has 0 bridgehead atoms. The zero-order valence-corrected chi connectivity index (χ0v) is 13.6. The third-order valence-corrected chi connectivity index (χ3v) is 3.44. The summed E-state index contributed by atoms with van der Waals surface area (Å²) in [5.74, 6) is -1.67. The van der Waals surface area contributed by atoms with Gasteiger partial charge in [0.1, 0.15) is 5.69 Å². The van der Waals surface area contributed by atoms with Crippen LogP contribution in [0.3, 0.4) is 0 Å². The van der Waals surface area contributed by atoms with Crippen molar-refractivity contribution < 1.29 is 19.5 Å². The highest BCUT2D eigenvalue weighted by atomic mass is 35.5. The Morgan fingerprint density at radius 1 is 1.17 bits per heavy atom. The molecule has 8 heteroatoms. The third kappa shape index (κ3) is 4.60. The van der Waals surface area contributed by atoms with Crippen LogP contribution >= 0.6 is 11.6 Å². The highest BCUT2D eigenvalue weighted by Crippen LogP contribution is 2.15. The quantitative estimate of drug-likeness (QED) is 0.743. The summed E-state index contributed by atoms with van der Waals surface area (Å²) < 4.78 is 1.61. The molecular weight excluding hydrogens is 334 g/mol. The van der Waals surface area contributed by atoms with Crippen LogP contribution in [0.4, 0.5) is 5.69 Å². The highest BCUT2D eigenvalue weighted by Gasteiger charge is 2.12. The number of carbonyl (C=O) groups excluding carboxylic acids is 2. The predicted molar refractivity (Wildman–Crippen MR) is 89.4 cm³/mol. The molecule has 0 saturated carbocycles. The summed E-state index contributed by atoms with van der Waals surface area (Å²) in [6, 6.07) is 7.83. The predicted octanol–water partition coefficient (Wildman–Crippen LogP) is 2.14. The number of hydrogen-bond donors (Lipinski definition) is 3. The fourth-order valence-electron chi connectivity index (χ4n) is 2.04. The molecule has 126 valence electrons. The normalized spacial score (nSPS) is 10.2. The van der Waals surface area contributed by atoms with Crippen molar-refractivity contribution in [2.75, 3.05) is 11.9 Å². The molecule has 0 aliphatic heterocycles. The number of anilines is 1. The first-order chi connectivity index (χ1) is 11.4. The Bertz CT molecular complexity index is 768. The maximum Gasteiger partial charge on any atom is 0.305 e. The number of amides is 2. The van der Waals surface area contributed by atoms with E-state index >= 15 is 0 Å². The monoisotopic (exact) mass is 349 g/mol.